The van der Waals surface area contributed by atoms with E-state index in [0.29, 0.717) is 0 Å². The van der Waals surface area contributed by atoms with Crippen LogP contribution in [0, 0.1) is 17.8 Å². The van der Waals surface area contributed by atoms with E-state index in [1.807, 2.05) is 0 Å². The standard InChI is InChI=1S/C15H30N2/c1-13-3-5-15(6-4-13)12-17-9-7-14(8-10-17)11-16-2/h13-16H,3-12H2,1-2H3. The van der Waals surface area contributed by atoms with Gasteiger partial charge in [-0.2, -0.15) is 0 Å². The van der Waals surface area contributed by atoms with Crippen molar-refractivity contribution in [3.8, 4) is 0 Å². The van der Waals surface area contributed by atoms with Crippen molar-refractivity contribution in [2.75, 3.05) is 33.2 Å². The van der Waals surface area contributed by atoms with Crippen LogP contribution in [-0.4, -0.2) is 38.1 Å². The molecule has 1 heterocycles. The number of rotatable bonds is 4. The molecule has 2 rings (SSSR count). The monoisotopic (exact) mass is 238 g/mol. The summed E-state index contributed by atoms with van der Waals surface area (Å²) in [6.07, 6.45) is 8.73. The molecule has 100 valence electrons. The Morgan fingerprint density at radius 2 is 1.59 bits per heavy atom. The van der Waals surface area contributed by atoms with Crippen LogP contribution in [0.5, 0.6) is 0 Å². The molecule has 17 heavy (non-hydrogen) atoms. The number of hydrogen-bond acceptors (Lipinski definition) is 2. The lowest BCUT2D eigenvalue weighted by atomic mass is 9.82. The molecule has 0 aromatic heterocycles. The van der Waals surface area contributed by atoms with E-state index in [4.69, 9.17) is 0 Å². The Hall–Kier alpha value is -0.0800. The molecular weight excluding hydrogens is 208 g/mol. The number of nitrogens with zero attached hydrogens (tertiary/aromatic N) is 1. The van der Waals surface area contributed by atoms with Gasteiger partial charge in [0.1, 0.15) is 0 Å². The maximum absolute atomic E-state index is 3.32. The first-order valence-corrected chi connectivity index (χ1v) is 7.65. The van der Waals surface area contributed by atoms with Crippen molar-refractivity contribution in [1.82, 2.24) is 10.2 Å². The van der Waals surface area contributed by atoms with Crippen molar-refractivity contribution in [2.45, 2.75) is 45.4 Å². The molecule has 2 nitrogen and oxygen atoms in total. The van der Waals surface area contributed by atoms with Gasteiger partial charge in [-0.25, -0.2) is 0 Å². The molecule has 1 saturated heterocycles. The second-order valence-electron chi connectivity index (χ2n) is 6.43. The molecule has 0 atom stereocenters. The first-order chi connectivity index (χ1) is 8.28. The molecule has 0 radical (unpaired) electrons. The molecule has 2 aliphatic rings. The van der Waals surface area contributed by atoms with Gasteiger partial charge in [0.15, 0.2) is 0 Å². The Bertz CT molecular complexity index is 201. The van der Waals surface area contributed by atoms with Gasteiger partial charge in [-0.05, 0) is 70.1 Å². The number of hydrogen-bond donors (Lipinski definition) is 1. The molecular formula is C15H30N2. The van der Waals surface area contributed by atoms with E-state index in [9.17, 15) is 0 Å². The van der Waals surface area contributed by atoms with Gasteiger partial charge >= 0.3 is 0 Å². The Kier molecular flexibility index (Phi) is 5.30. The summed E-state index contributed by atoms with van der Waals surface area (Å²) < 4.78 is 0. The molecule has 1 aliphatic heterocycles. The molecule has 0 unspecified atom stereocenters. The first kappa shape index (κ1) is 13.4. The van der Waals surface area contributed by atoms with Gasteiger partial charge in [0.05, 0.1) is 0 Å². The number of likely N-dealkylation sites (tertiary alicyclic amines) is 1. The van der Waals surface area contributed by atoms with Gasteiger partial charge < -0.3 is 10.2 Å². The molecule has 1 N–H and O–H groups in total. The first-order valence-electron chi connectivity index (χ1n) is 7.65. The highest BCUT2D eigenvalue weighted by Gasteiger charge is 2.23. The van der Waals surface area contributed by atoms with E-state index in [0.717, 1.165) is 17.8 Å². The van der Waals surface area contributed by atoms with Gasteiger partial charge in [0.25, 0.3) is 0 Å². The summed E-state index contributed by atoms with van der Waals surface area (Å²) in [5, 5.41) is 3.32. The summed E-state index contributed by atoms with van der Waals surface area (Å²) >= 11 is 0. The van der Waals surface area contributed by atoms with E-state index in [-0.39, 0.29) is 0 Å². The topological polar surface area (TPSA) is 15.3 Å². The van der Waals surface area contributed by atoms with E-state index < -0.39 is 0 Å². The molecule has 1 aliphatic carbocycles. The van der Waals surface area contributed by atoms with E-state index in [1.54, 1.807) is 0 Å². The van der Waals surface area contributed by atoms with Crippen molar-refractivity contribution in [3.63, 3.8) is 0 Å². The third-order valence-electron chi connectivity index (χ3n) is 4.85. The molecule has 2 heteroatoms. The van der Waals surface area contributed by atoms with Crippen LogP contribution in [0.3, 0.4) is 0 Å². The van der Waals surface area contributed by atoms with Crippen LogP contribution < -0.4 is 5.32 Å². The van der Waals surface area contributed by atoms with Crippen LogP contribution in [0.15, 0.2) is 0 Å². The third-order valence-corrected chi connectivity index (χ3v) is 4.85. The average molecular weight is 238 g/mol. The second kappa shape index (κ2) is 6.75. The van der Waals surface area contributed by atoms with Gasteiger partial charge in [0, 0.05) is 6.54 Å². The summed E-state index contributed by atoms with van der Waals surface area (Å²) in [4.78, 5) is 2.73. The zero-order valence-corrected chi connectivity index (χ0v) is 11.8. The Morgan fingerprint density at radius 3 is 2.18 bits per heavy atom. The summed E-state index contributed by atoms with van der Waals surface area (Å²) in [5.41, 5.74) is 0. The lowest BCUT2D eigenvalue weighted by molar-refractivity contribution is 0.138. The van der Waals surface area contributed by atoms with Crippen molar-refractivity contribution in [2.24, 2.45) is 17.8 Å². The number of nitrogens with one attached hydrogen (secondary N) is 1. The fourth-order valence-corrected chi connectivity index (χ4v) is 3.54. The van der Waals surface area contributed by atoms with Gasteiger partial charge in [-0.15, -0.1) is 0 Å². The smallest absolute Gasteiger partial charge is 0.000966 e. The van der Waals surface area contributed by atoms with E-state index in [1.165, 1.54) is 64.7 Å². The molecule has 1 saturated carbocycles. The average Bonchev–Trinajstić information content (AvgIpc) is 2.35. The molecule has 0 amide bonds. The molecule has 0 bridgehead atoms. The van der Waals surface area contributed by atoms with Gasteiger partial charge in [-0.1, -0.05) is 19.8 Å². The Morgan fingerprint density at radius 1 is 0.941 bits per heavy atom. The lowest BCUT2D eigenvalue weighted by Crippen LogP contribution is -2.39. The maximum atomic E-state index is 3.32. The summed E-state index contributed by atoms with van der Waals surface area (Å²) in [6, 6.07) is 0. The quantitative estimate of drug-likeness (QED) is 0.810. The predicted molar refractivity (Wildman–Crippen MR) is 74.2 cm³/mol. The highest BCUT2D eigenvalue weighted by atomic mass is 15.1. The number of piperidine rings is 1. The second-order valence-corrected chi connectivity index (χ2v) is 6.43. The summed E-state index contributed by atoms with van der Waals surface area (Å²) in [7, 11) is 2.08. The van der Waals surface area contributed by atoms with Crippen molar-refractivity contribution < 1.29 is 0 Å². The van der Waals surface area contributed by atoms with Crippen LogP contribution in [0.2, 0.25) is 0 Å². The SMILES string of the molecule is CNCC1CCN(CC2CCC(C)CC2)CC1. The van der Waals surface area contributed by atoms with Crippen LogP contribution in [0.25, 0.3) is 0 Å². The van der Waals surface area contributed by atoms with Gasteiger partial charge in [0.2, 0.25) is 0 Å². The highest BCUT2D eigenvalue weighted by Crippen LogP contribution is 2.29. The summed E-state index contributed by atoms with van der Waals surface area (Å²) in [6.45, 7) is 7.71. The van der Waals surface area contributed by atoms with Crippen molar-refractivity contribution in [1.29, 1.82) is 0 Å². The van der Waals surface area contributed by atoms with Gasteiger partial charge in [-0.3, -0.25) is 0 Å². The molecule has 0 aromatic rings. The van der Waals surface area contributed by atoms with Crippen LogP contribution >= 0.6 is 0 Å². The largest absolute Gasteiger partial charge is 0.319 e. The Balaban J connectivity index is 1.64. The zero-order chi connectivity index (χ0) is 12.1. The molecule has 2 fully saturated rings. The van der Waals surface area contributed by atoms with E-state index >= 15 is 0 Å². The highest BCUT2D eigenvalue weighted by molar-refractivity contribution is 4.78. The predicted octanol–water partition coefficient (Wildman–Crippen LogP) is 2.74. The maximum Gasteiger partial charge on any atom is 0.000966 e. The fraction of sp³-hybridized carbons (Fsp3) is 1.00. The third kappa shape index (κ3) is 4.26. The minimum atomic E-state index is 0.933. The molecule has 0 aromatic carbocycles. The fourth-order valence-electron chi connectivity index (χ4n) is 3.54. The van der Waals surface area contributed by atoms with Crippen LogP contribution in [0.1, 0.15) is 45.4 Å². The van der Waals surface area contributed by atoms with E-state index in [2.05, 4.69) is 24.2 Å². The normalized spacial score (nSPS) is 32.8. The zero-order valence-electron chi connectivity index (χ0n) is 11.8. The summed E-state index contributed by atoms with van der Waals surface area (Å²) in [5.74, 6) is 2.93. The minimum absolute atomic E-state index is 0.933. The van der Waals surface area contributed by atoms with Crippen molar-refractivity contribution in [3.05, 3.63) is 0 Å². The van der Waals surface area contributed by atoms with Crippen LogP contribution in [0.4, 0.5) is 0 Å². The minimum Gasteiger partial charge on any atom is -0.319 e. The Labute approximate surface area is 107 Å². The van der Waals surface area contributed by atoms with Crippen LogP contribution in [-0.2, 0) is 0 Å². The molecule has 0 spiro atoms. The lowest BCUT2D eigenvalue weighted by Gasteiger charge is -2.36. The van der Waals surface area contributed by atoms with Crippen molar-refractivity contribution >= 4 is 0 Å².